The van der Waals surface area contributed by atoms with Gasteiger partial charge in [0.25, 0.3) is 0 Å². The standard InChI is InChI=1S/C11H18N4O.ClH/c16-11-3-1-7-15(11)8-2-5-12-9-10-4-6-13-14-10;/h4,6,12H,1-3,5,7-9H2,(H,13,14);1H. The Labute approximate surface area is 107 Å². The van der Waals surface area contributed by atoms with Crippen molar-refractivity contribution in [3.8, 4) is 0 Å². The van der Waals surface area contributed by atoms with Crippen LogP contribution in [-0.2, 0) is 11.3 Å². The smallest absolute Gasteiger partial charge is 0.222 e. The molecule has 2 heterocycles. The molecule has 0 bridgehead atoms. The van der Waals surface area contributed by atoms with Crippen molar-refractivity contribution in [2.75, 3.05) is 19.6 Å². The molecule has 6 heteroatoms. The van der Waals surface area contributed by atoms with Gasteiger partial charge < -0.3 is 10.2 Å². The SMILES string of the molecule is Cl.O=C1CCCN1CCCNCc1ccn[nH]1. The quantitative estimate of drug-likeness (QED) is 0.747. The van der Waals surface area contributed by atoms with E-state index in [0.717, 1.165) is 51.1 Å². The van der Waals surface area contributed by atoms with Crippen LogP contribution in [0.4, 0.5) is 0 Å². The summed E-state index contributed by atoms with van der Waals surface area (Å²) in [4.78, 5) is 13.3. The zero-order valence-electron chi connectivity index (χ0n) is 9.82. The van der Waals surface area contributed by atoms with E-state index in [2.05, 4.69) is 15.5 Å². The number of aromatic nitrogens is 2. The summed E-state index contributed by atoms with van der Waals surface area (Å²) in [6.45, 7) is 3.57. The Morgan fingerprint density at radius 1 is 1.53 bits per heavy atom. The van der Waals surface area contributed by atoms with Gasteiger partial charge in [-0.1, -0.05) is 0 Å². The molecule has 1 aliphatic heterocycles. The molecule has 2 N–H and O–H groups in total. The van der Waals surface area contributed by atoms with E-state index in [1.165, 1.54) is 0 Å². The summed E-state index contributed by atoms with van der Waals surface area (Å²) in [5.41, 5.74) is 1.09. The summed E-state index contributed by atoms with van der Waals surface area (Å²) in [6.07, 6.45) is 4.53. The third-order valence-corrected chi connectivity index (χ3v) is 2.83. The van der Waals surface area contributed by atoms with Crippen LogP contribution in [0.5, 0.6) is 0 Å². The van der Waals surface area contributed by atoms with Crippen LogP contribution in [0, 0.1) is 0 Å². The third kappa shape index (κ3) is 4.36. The Morgan fingerprint density at radius 2 is 2.41 bits per heavy atom. The van der Waals surface area contributed by atoms with E-state index in [9.17, 15) is 4.79 Å². The van der Waals surface area contributed by atoms with Gasteiger partial charge in [-0.2, -0.15) is 5.10 Å². The number of amides is 1. The van der Waals surface area contributed by atoms with E-state index in [1.807, 2.05) is 11.0 Å². The molecule has 0 unspecified atom stereocenters. The second-order valence-electron chi connectivity index (χ2n) is 4.10. The van der Waals surface area contributed by atoms with Gasteiger partial charge in [-0.05, 0) is 25.5 Å². The molecule has 0 atom stereocenters. The summed E-state index contributed by atoms with van der Waals surface area (Å²) in [5, 5.41) is 10.1. The maximum Gasteiger partial charge on any atom is 0.222 e. The number of hydrogen-bond acceptors (Lipinski definition) is 3. The Morgan fingerprint density at radius 3 is 3.06 bits per heavy atom. The fourth-order valence-electron chi connectivity index (χ4n) is 1.94. The van der Waals surface area contributed by atoms with Crippen molar-refractivity contribution in [2.24, 2.45) is 0 Å². The van der Waals surface area contributed by atoms with E-state index in [-0.39, 0.29) is 12.4 Å². The highest BCUT2D eigenvalue weighted by atomic mass is 35.5. The topological polar surface area (TPSA) is 61.0 Å². The van der Waals surface area contributed by atoms with Crippen LogP contribution >= 0.6 is 12.4 Å². The van der Waals surface area contributed by atoms with Gasteiger partial charge in [0, 0.05) is 37.9 Å². The van der Waals surface area contributed by atoms with Crippen molar-refractivity contribution in [1.29, 1.82) is 0 Å². The van der Waals surface area contributed by atoms with Gasteiger partial charge in [0.1, 0.15) is 0 Å². The molecule has 1 fully saturated rings. The van der Waals surface area contributed by atoms with Crippen LogP contribution in [0.3, 0.4) is 0 Å². The van der Waals surface area contributed by atoms with Crippen molar-refractivity contribution in [3.63, 3.8) is 0 Å². The Balaban J connectivity index is 0.00000144. The molecule has 1 aromatic heterocycles. The number of nitrogens with zero attached hydrogens (tertiary/aromatic N) is 2. The average molecular weight is 259 g/mol. The van der Waals surface area contributed by atoms with Crippen LogP contribution < -0.4 is 5.32 Å². The number of halogens is 1. The maximum absolute atomic E-state index is 11.3. The lowest BCUT2D eigenvalue weighted by Gasteiger charge is -2.15. The molecule has 0 aromatic carbocycles. The lowest BCUT2D eigenvalue weighted by Crippen LogP contribution is -2.28. The zero-order valence-corrected chi connectivity index (χ0v) is 10.6. The van der Waals surface area contributed by atoms with Crippen molar-refractivity contribution in [1.82, 2.24) is 20.4 Å². The summed E-state index contributed by atoms with van der Waals surface area (Å²) >= 11 is 0. The second kappa shape index (κ2) is 7.29. The zero-order chi connectivity index (χ0) is 11.2. The monoisotopic (exact) mass is 258 g/mol. The molecule has 2 rings (SSSR count). The molecule has 1 aliphatic rings. The van der Waals surface area contributed by atoms with Crippen molar-refractivity contribution in [2.45, 2.75) is 25.8 Å². The molecule has 0 aliphatic carbocycles. The number of carbonyl (C=O) groups is 1. The van der Waals surface area contributed by atoms with Gasteiger partial charge in [-0.25, -0.2) is 0 Å². The van der Waals surface area contributed by atoms with Gasteiger partial charge in [-0.15, -0.1) is 12.4 Å². The van der Waals surface area contributed by atoms with Crippen molar-refractivity contribution in [3.05, 3.63) is 18.0 Å². The molecule has 5 nitrogen and oxygen atoms in total. The molecule has 1 amide bonds. The minimum atomic E-state index is 0. The van der Waals surface area contributed by atoms with Gasteiger partial charge >= 0.3 is 0 Å². The van der Waals surface area contributed by atoms with Crippen molar-refractivity contribution >= 4 is 18.3 Å². The Kier molecular flexibility index (Phi) is 6.00. The number of likely N-dealkylation sites (tertiary alicyclic amines) is 1. The first-order valence-electron chi connectivity index (χ1n) is 5.83. The minimum Gasteiger partial charge on any atom is -0.343 e. The fraction of sp³-hybridized carbons (Fsp3) is 0.636. The summed E-state index contributed by atoms with van der Waals surface area (Å²) in [7, 11) is 0. The highest BCUT2D eigenvalue weighted by Gasteiger charge is 2.18. The molecule has 96 valence electrons. The molecule has 1 saturated heterocycles. The first kappa shape index (κ1) is 14.0. The highest BCUT2D eigenvalue weighted by Crippen LogP contribution is 2.09. The number of carbonyl (C=O) groups excluding carboxylic acids is 1. The lowest BCUT2D eigenvalue weighted by molar-refractivity contribution is -0.127. The molecule has 0 spiro atoms. The predicted molar refractivity (Wildman–Crippen MR) is 68.0 cm³/mol. The molecular weight excluding hydrogens is 240 g/mol. The van der Waals surface area contributed by atoms with Crippen LogP contribution in [0.2, 0.25) is 0 Å². The molecule has 17 heavy (non-hydrogen) atoms. The van der Waals surface area contributed by atoms with Gasteiger partial charge in [-0.3, -0.25) is 9.89 Å². The van der Waals surface area contributed by atoms with Crippen LogP contribution in [-0.4, -0.2) is 40.6 Å². The van der Waals surface area contributed by atoms with Crippen LogP contribution in [0.1, 0.15) is 25.0 Å². The first-order chi connectivity index (χ1) is 7.86. The summed E-state index contributed by atoms with van der Waals surface area (Å²) in [5.74, 6) is 0.313. The van der Waals surface area contributed by atoms with Gasteiger partial charge in [0.15, 0.2) is 0 Å². The van der Waals surface area contributed by atoms with E-state index < -0.39 is 0 Å². The molecule has 0 saturated carbocycles. The lowest BCUT2D eigenvalue weighted by atomic mass is 10.3. The Hall–Kier alpha value is -1.07. The maximum atomic E-state index is 11.3. The van der Waals surface area contributed by atoms with Crippen LogP contribution in [0.15, 0.2) is 12.3 Å². The molecular formula is C11H19ClN4O. The van der Waals surface area contributed by atoms with E-state index in [1.54, 1.807) is 6.20 Å². The number of nitrogens with one attached hydrogen (secondary N) is 2. The van der Waals surface area contributed by atoms with E-state index in [4.69, 9.17) is 0 Å². The Bertz CT molecular complexity index is 328. The van der Waals surface area contributed by atoms with Gasteiger partial charge in [0.05, 0.1) is 0 Å². The van der Waals surface area contributed by atoms with E-state index >= 15 is 0 Å². The number of aromatic amines is 1. The summed E-state index contributed by atoms with van der Waals surface area (Å²) < 4.78 is 0. The predicted octanol–water partition coefficient (Wildman–Crippen LogP) is 0.934. The largest absolute Gasteiger partial charge is 0.343 e. The number of H-pyrrole nitrogens is 1. The van der Waals surface area contributed by atoms with E-state index in [0.29, 0.717) is 5.91 Å². The summed E-state index contributed by atoms with van der Waals surface area (Å²) in [6, 6.07) is 1.96. The minimum absolute atomic E-state index is 0. The molecule has 1 aromatic rings. The number of rotatable bonds is 6. The number of hydrogen-bond donors (Lipinski definition) is 2. The first-order valence-corrected chi connectivity index (χ1v) is 5.83. The van der Waals surface area contributed by atoms with Crippen molar-refractivity contribution < 1.29 is 4.79 Å². The second-order valence-corrected chi connectivity index (χ2v) is 4.10. The highest BCUT2D eigenvalue weighted by molar-refractivity contribution is 5.85. The van der Waals surface area contributed by atoms with Gasteiger partial charge in [0.2, 0.25) is 5.91 Å². The fourth-order valence-corrected chi connectivity index (χ4v) is 1.94. The molecule has 0 radical (unpaired) electrons. The average Bonchev–Trinajstić information content (AvgIpc) is 2.90. The normalized spacial score (nSPS) is 15.1. The van der Waals surface area contributed by atoms with Crippen LogP contribution in [0.25, 0.3) is 0 Å². The third-order valence-electron chi connectivity index (χ3n) is 2.83.